The first-order chi connectivity index (χ1) is 7.58. The summed E-state index contributed by atoms with van der Waals surface area (Å²) in [6, 6.07) is 6.01. The molecule has 0 spiro atoms. The van der Waals surface area contributed by atoms with Crippen LogP contribution in [0.5, 0.6) is 5.75 Å². The summed E-state index contributed by atoms with van der Waals surface area (Å²) in [5, 5.41) is 19.4. The quantitative estimate of drug-likeness (QED) is 0.577. The predicted octanol–water partition coefficient (Wildman–Crippen LogP) is 2.64. The maximum Gasteiger partial charge on any atom is 0.311 e. The molecule has 1 aromatic rings. The van der Waals surface area contributed by atoms with Gasteiger partial charge in [-0.25, -0.2) is 0 Å². The van der Waals surface area contributed by atoms with E-state index in [9.17, 15) is 10.1 Å². The van der Waals surface area contributed by atoms with E-state index in [4.69, 9.17) is 10.00 Å². The van der Waals surface area contributed by atoms with Crippen LogP contribution in [0.15, 0.2) is 18.2 Å². The minimum atomic E-state index is -0.515. The molecule has 0 amide bonds. The fourth-order valence-corrected chi connectivity index (χ4v) is 1.13. The zero-order chi connectivity index (χ0) is 12.1. The normalized spacial score (nSPS) is 11.6. The number of nitriles is 1. The van der Waals surface area contributed by atoms with Crippen LogP contribution >= 0.6 is 0 Å². The van der Waals surface area contributed by atoms with Crippen molar-refractivity contribution in [3.05, 3.63) is 33.9 Å². The summed E-state index contributed by atoms with van der Waals surface area (Å²) in [5.74, 6) is 0.151. The molecule has 0 saturated heterocycles. The summed E-state index contributed by atoms with van der Waals surface area (Å²) in [6.07, 6.45) is 0.626. The van der Waals surface area contributed by atoms with E-state index in [1.807, 2.05) is 19.9 Å². The molecule has 1 rings (SSSR count). The Kier molecular flexibility index (Phi) is 3.84. The second kappa shape index (κ2) is 5.12. The Labute approximate surface area is 93.4 Å². The van der Waals surface area contributed by atoms with Gasteiger partial charge >= 0.3 is 5.69 Å². The number of ether oxygens (including phenoxy) is 1. The van der Waals surface area contributed by atoms with Gasteiger partial charge in [0.15, 0.2) is 5.75 Å². The molecule has 16 heavy (non-hydrogen) atoms. The highest BCUT2D eigenvalue weighted by molar-refractivity contribution is 5.51. The van der Waals surface area contributed by atoms with Crippen LogP contribution in [-0.2, 0) is 0 Å². The molecule has 5 heteroatoms. The number of nitro benzene ring substituents is 1. The minimum absolute atomic E-state index is 0.112. The highest BCUT2D eigenvalue weighted by atomic mass is 16.6. The Balaban J connectivity index is 3.11. The minimum Gasteiger partial charge on any atom is -0.484 e. The molecule has 0 aromatic heterocycles. The molecule has 84 valence electrons. The molecular formula is C11H12N2O3. The SMILES string of the molecule is CCC(C)Oc1cc(C#N)ccc1[N+](=O)[O-]. The van der Waals surface area contributed by atoms with Crippen LogP contribution in [0.2, 0.25) is 0 Å². The van der Waals surface area contributed by atoms with Gasteiger partial charge < -0.3 is 4.74 Å². The van der Waals surface area contributed by atoms with Gasteiger partial charge in [0.05, 0.1) is 22.7 Å². The van der Waals surface area contributed by atoms with Crippen LogP contribution in [0, 0.1) is 21.4 Å². The van der Waals surface area contributed by atoms with Crippen LogP contribution in [-0.4, -0.2) is 11.0 Å². The van der Waals surface area contributed by atoms with Gasteiger partial charge in [-0.05, 0) is 19.4 Å². The lowest BCUT2D eigenvalue weighted by atomic mass is 10.2. The van der Waals surface area contributed by atoms with Crippen molar-refractivity contribution in [2.75, 3.05) is 0 Å². The summed E-state index contributed by atoms with van der Waals surface area (Å²) < 4.78 is 5.41. The van der Waals surface area contributed by atoms with Crippen molar-refractivity contribution in [1.82, 2.24) is 0 Å². The Bertz CT molecular complexity index is 437. The van der Waals surface area contributed by atoms with Gasteiger partial charge in [0.1, 0.15) is 0 Å². The molecule has 0 aliphatic heterocycles. The third kappa shape index (κ3) is 2.70. The largest absolute Gasteiger partial charge is 0.484 e. The third-order valence-electron chi connectivity index (χ3n) is 2.19. The summed E-state index contributed by atoms with van der Waals surface area (Å²) in [7, 11) is 0. The first kappa shape index (κ1) is 12.0. The Morgan fingerprint density at radius 2 is 2.31 bits per heavy atom. The molecular weight excluding hydrogens is 208 g/mol. The topological polar surface area (TPSA) is 76.2 Å². The number of nitrogens with zero attached hydrogens (tertiary/aromatic N) is 2. The molecule has 0 saturated carbocycles. The Morgan fingerprint density at radius 1 is 1.62 bits per heavy atom. The average molecular weight is 220 g/mol. The van der Waals surface area contributed by atoms with E-state index in [0.717, 1.165) is 6.42 Å². The van der Waals surface area contributed by atoms with E-state index in [-0.39, 0.29) is 17.5 Å². The predicted molar refractivity (Wildman–Crippen MR) is 58.2 cm³/mol. The Hall–Kier alpha value is -2.09. The van der Waals surface area contributed by atoms with Crippen molar-refractivity contribution < 1.29 is 9.66 Å². The Morgan fingerprint density at radius 3 is 2.81 bits per heavy atom. The molecule has 1 unspecified atom stereocenters. The number of nitro groups is 1. The standard InChI is InChI=1S/C11H12N2O3/c1-3-8(2)16-11-6-9(7-12)4-5-10(11)13(14)15/h4-6,8H,3H2,1-2H3. The van der Waals surface area contributed by atoms with Gasteiger partial charge in [0.2, 0.25) is 0 Å². The molecule has 0 heterocycles. The lowest BCUT2D eigenvalue weighted by Crippen LogP contribution is -2.11. The van der Waals surface area contributed by atoms with Crippen LogP contribution in [0.3, 0.4) is 0 Å². The lowest BCUT2D eigenvalue weighted by Gasteiger charge is -2.12. The molecule has 0 fully saturated rings. The number of rotatable bonds is 4. The van der Waals surface area contributed by atoms with Crippen molar-refractivity contribution in [3.8, 4) is 11.8 Å². The van der Waals surface area contributed by atoms with Gasteiger partial charge in [0.25, 0.3) is 0 Å². The van der Waals surface area contributed by atoms with Gasteiger partial charge in [0, 0.05) is 12.1 Å². The summed E-state index contributed by atoms with van der Waals surface area (Å²) in [5.41, 5.74) is 0.239. The number of hydrogen-bond donors (Lipinski definition) is 0. The first-order valence-electron chi connectivity index (χ1n) is 4.93. The molecule has 1 aromatic carbocycles. The van der Waals surface area contributed by atoms with Crippen molar-refractivity contribution in [3.63, 3.8) is 0 Å². The van der Waals surface area contributed by atoms with Crippen LogP contribution in [0.1, 0.15) is 25.8 Å². The second-order valence-corrected chi connectivity index (χ2v) is 3.39. The summed E-state index contributed by atoms with van der Waals surface area (Å²) in [4.78, 5) is 10.2. The molecule has 0 bridgehead atoms. The van der Waals surface area contributed by atoms with Crippen molar-refractivity contribution in [2.45, 2.75) is 26.4 Å². The summed E-state index contributed by atoms with van der Waals surface area (Å²) >= 11 is 0. The highest BCUT2D eigenvalue weighted by Gasteiger charge is 2.17. The molecule has 1 atom stereocenters. The van der Waals surface area contributed by atoms with E-state index in [1.54, 1.807) is 0 Å². The zero-order valence-corrected chi connectivity index (χ0v) is 9.14. The maximum atomic E-state index is 10.7. The smallest absolute Gasteiger partial charge is 0.311 e. The lowest BCUT2D eigenvalue weighted by molar-refractivity contribution is -0.386. The molecule has 0 radical (unpaired) electrons. The molecule has 0 N–H and O–H groups in total. The molecule has 0 aliphatic rings. The van der Waals surface area contributed by atoms with E-state index in [0.29, 0.717) is 5.56 Å². The van der Waals surface area contributed by atoms with Gasteiger partial charge in [-0.2, -0.15) is 5.26 Å². The molecule has 0 aliphatic carbocycles. The maximum absolute atomic E-state index is 10.7. The monoisotopic (exact) mass is 220 g/mol. The number of benzene rings is 1. The zero-order valence-electron chi connectivity index (χ0n) is 9.14. The van der Waals surface area contributed by atoms with E-state index < -0.39 is 4.92 Å². The second-order valence-electron chi connectivity index (χ2n) is 3.39. The van der Waals surface area contributed by atoms with Gasteiger partial charge in [-0.3, -0.25) is 10.1 Å². The van der Waals surface area contributed by atoms with Crippen LogP contribution < -0.4 is 4.74 Å². The van der Waals surface area contributed by atoms with Crippen molar-refractivity contribution >= 4 is 5.69 Å². The van der Waals surface area contributed by atoms with E-state index >= 15 is 0 Å². The van der Waals surface area contributed by atoms with Crippen LogP contribution in [0.4, 0.5) is 5.69 Å². The highest BCUT2D eigenvalue weighted by Crippen LogP contribution is 2.28. The third-order valence-corrected chi connectivity index (χ3v) is 2.19. The molecule has 5 nitrogen and oxygen atoms in total. The van der Waals surface area contributed by atoms with E-state index in [2.05, 4.69) is 0 Å². The van der Waals surface area contributed by atoms with Crippen molar-refractivity contribution in [1.29, 1.82) is 5.26 Å². The fraction of sp³-hybridized carbons (Fsp3) is 0.364. The van der Waals surface area contributed by atoms with Crippen molar-refractivity contribution in [2.24, 2.45) is 0 Å². The van der Waals surface area contributed by atoms with Gasteiger partial charge in [-0.15, -0.1) is 0 Å². The summed E-state index contributed by atoms with van der Waals surface area (Å²) in [6.45, 7) is 3.74. The number of hydrogen-bond acceptors (Lipinski definition) is 4. The van der Waals surface area contributed by atoms with Gasteiger partial charge in [-0.1, -0.05) is 6.92 Å². The fourth-order valence-electron chi connectivity index (χ4n) is 1.13. The average Bonchev–Trinajstić information content (AvgIpc) is 2.28. The first-order valence-corrected chi connectivity index (χ1v) is 4.93. The van der Waals surface area contributed by atoms with Crippen LogP contribution in [0.25, 0.3) is 0 Å². The van der Waals surface area contributed by atoms with E-state index in [1.165, 1.54) is 18.2 Å².